The van der Waals surface area contributed by atoms with Gasteiger partial charge in [-0.3, -0.25) is 14.6 Å². The number of rotatable bonds is 7. The van der Waals surface area contributed by atoms with Crippen LogP contribution in [0.25, 0.3) is 0 Å². The van der Waals surface area contributed by atoms with E-state index in [1.807, 2.05) is 56.3 Å². The molecule has 0 spiro atoms. The fraction of sp³-hybridized carbons (Fsp3) is 0.174. The highest BCUT2D eigenvalue weighted by molar-refractivity contribution is 6.06. The van der Waals surface area contributed by atoms with Gasteiger partial charge in [0.25, 0.3) is 11.8 Å². The summed E-state index contributed by atoms with van der Waals surface area (Å²) >= 11 is 0. The van der Waals surface area contributed by atoms with E-state index in [2.05, 4.69) is 15.6 Å². The Bertz CT molecular complexity index is 987. The van der Waals surface area contributed by atoms with Crippen molar-refractivity contribution >= 4 is 17.5 Å². The monoisotopic (exact) mass is 389 g/mol. The van der Waals surface area contributed by atoms with Crippen LogP contribution in [-0.2, 0) is 6.54 Å². The number of carbonyl (C=O) groups is 2. The molecule has 2 N–H and O–H groups in total. The molecular formula is C23H23N3O3. The lowest BCUT2D eigenvalue weighted by molar-refractivity contribution is 0.0946. The van der Waals surface area contributed by atoms with Crippen LogP contribution < -0.4 is 15.4 Å². The fourth-order valence-corrected chi connectivity index (χ4v) is 2.69. The zero-order chi connectivity index (χ0) is 20.6. The van der Waals surface area contributed by atoms with Crippen LogP contribution in [0.5, 0.6) is 5.75 Å². The van der Waals surface area contributed by atoms with Gasteiger partial charge in [0, 0.05) is 18.3 Å². The maximum absolute atomic E-state index is 12.7. The topological polar surface area (TPSA) is 80.3 Å². The maximum Gasteiger partial charge on any atom is 0.270 e. The molecule has 2 aromatic carbocycles. The SMILES string of the molecule is CC(C)Oc1ccccc1NC(=O)c1ccnc(C(=O)NCc2ccccc2)c1. The third kappa shape index (κ3) is 5.65. The Balaban J connectivity index is 1.69. The largest absolute Gasteiger partial charge is 0.489 e. The van der Waals surface area contributed by atoms with Gasteiger partial charge in [0.1, 0.15) is 11.4 Å². The molecule has 0 aliphatic rings. The molecule has 1 aromatic heterocycles. The Kier molecular flexibility index (Phi) is 6.58. The number of benzene rings is 2. The normalized spacial score (nSPS) is 10.4. The Morgan fingerprint density at radius 2 is 1.69 bits per heavy atom. The van der Waals surface area contributed by atoms with Crippen molar-refractivity contribution in [3.8, 4) is 5.75 Å². The summed E-state index contributed by atoms with van der Waals surface area (Å²) in [6.45, 7) is 4.22. The molecule has 0 aliphatic carbocycles. The standard InChI is InChI=1S/C23H23N3O3/c1-16(2)29-21-11-7-6-10-19(21)26-22(27)18-12-13-24-20(14-18)23(28)25-15-17-8-4-3-5-9-17/h3-14,16H,15H2,1-2H3,(H,25,28)(H,26,27). The minimum atomic E-state index is -0.343. The zero-order valence-electron chi connectivity index (χ0n) is 16.4. The molecule has 6 nitrogen and oxygen atoms in total. The first-order valence-corrected chi connectivity index (χ1v) is 9.38. The first kappa shape index (κ1) is 20.1. The predicted molar refractivity (Wildman–Crippen MR) is 112 cm³/mol. The average molecular weight is 389 g/mol. The van der Waals surface area contributed by atoms with E-state index in [0.29, 0.717) is 23.5 Å². The average Bonchev–Trinajstić information content (AvgIpc) is 2.74. The van der Waals surface area contributed by atoms with E-state index < -0.39 is 0 Å². The molecule has 3 aromatic rings. The van der Waals surface area contributed by atoms with Crippen molar-refractivity contribution in [2.75, 3.05) is 5.32 Å². The Hall–Kier alpha value is -3.67. The highest BCUT2D eigenvalue weighted by atomic mass is 16.5. The third-order valence-corrected chi connectivity index (χ3v) is 4.05. The molecule has 0 saturated heterocycles. The van der Waals surface area contributed by atoms with E-state index in [1.54, 1.807) is 18.2 Å². The van der Waals surface area contributed by atoms with Gasteiger partial charge in [-0.05, 0) is 43.7 Å². The van der Waals surface area contributed by atoms with Gasteiger partial charge in [-0.25, -0.2) is 0 Å². The quantitative estimate of drug-likeness (QED) is 0.639. The lowest BCUT2D eigenvalue weighted by Crippen LogP contribution is -2.24. The van der Waals surface area contributed by atoms with Crippen LogP contribution in [0.1, 0.15) is 40.3 Å². The fourth-order valence-electron chi connectivity index (χ4n) is 2.69. The van der Waals surface area contributed by atoms with Gasteiger partial charge < -0.3 is 15.4 Å². The van der Waals surface area contributed by atoms with E-state index in [-0.39, 0.29) is 23.6 Å². The van der Waals surface area contributed by atoms with E-state index in [9.17, 15) is 9.59 Å². The molecular weight excluding hydrogens is 366 g/mol. The van der Waals surface area contributed by atoms with E-state index in [4.69, 9.17) is 4.74 Å². The van der Waals surface area contributed by atoms with Crippen LogP contribution in [-0.4, -0.2) is 22.9 Å². The van der Waals surface area contributed by atoms with E-state index in [0.717, 1.165) is 5.56 Å². The van der Waals surface area contributed by atoms with E-state index in [1.165, 1.54) is 12.3 Å². The van der Waals surface area contributed by atoms with Gasteiger partial charge >= 0.3 is 0 Å². The number of nitrogens with one attached hydrogen (secondary N) is 2. The first-order chi connectivity index (χ1) is 14.0. The van der Waals surface area contributed by atoms with Crippen molar-refractivity contribution in [3.63, 3.8) is 0 Å². The zero-order valence-corrected chi connectivity index (χ0v) is 16.4. The Morgan fingerprint density at radius 1 is 0.966 bits per heavy atom. The van der Waals surface area contributed by atoms with Crippen LogP contribution in [0.15, 0.2) is 72.9 Å². The number of para-hydroxylation sites is 2. The highest BCUT2D eigenvalue weighted by Crippen LogP contribution is 2.25. The van der Waals surface area contributed by atoms with Gasteiger partial charge in [0.15, 0.2) is 0 Å². The summed E-state index contributed by atoms with van der Waals surface area (Å²) in [6.07, 6.45) is 1.43. The molecule has 3 rings (SSSR count). The van der Waals surface area contributed by atoms with Gasteiger partial charge in [-0.2, -0.15) is 0 Å². The number of pyridine rings is 1. The van der Waals surface area contributed by atoms with Crippen LogP contribution >= 0.6 is 0 Å². The summed E-state index contributed by atoms with van der Waals surface area (Å²) in [5, 5.41) is 5.64. The molecule has 2 amide bonds. The molecule has 1 heterocycles. The molecule has 0 atom stereocenters. The summed E-state index contributed by atoms with van der Waals surface area (Å²) < 4.78 is 5.73. The summed E-state index contributed by atoms with van der Waals surface area (Å²) in [4.78, 5) is 29.2. The number of ether oxygens (including phenoxy) is 1. The van der Waals surface area contributed by atoms with Crippen molar-refractivity contribution in [2.24, 2.45) is 0 Å². The summed E-state index contributed by atoms with van der Waals surface area (Å²) in [5.74, 6) is -0.0953. The number of anilines is 1. The van der Waals surface area contributed by atoms with Crippen molar-refractivity contribution < 1.29 is 14.3 Å². The lowest BCUT2D eigenvalue weighted by Gasteiger charge is -2.15. The number of carbonyl (C=O) groups excluding carboxylic acids is 2. The molecule has 0 saturated carbocycles. The molecule has 0 fully saturated rings. The number of hydrogen-bond donors (Lipinski definition) is 2. The smallest absolute Gasteiger partial charge is 0.270 e. The molecule has 0 unspecified atom stereocenters. The van der Waals surface area contributed by atoms with Crippen molar-refractivity contribution in [3.05, 3.63) is 89.7 Å². The van der Waals surface area contributed by atoms with Gasteiger partial charge in [0.05, 0.1) is 11.8 Å². The second kappa shape index (κ2) is 9.50. The van der Waals surface area contributed by atoms with Crippen LogP contribution in [0.2, 0.25) is 0 Å². The van der Waals surface area contributed by atoms with Crippen LogP contribution in [0.3, 0.4) is 0 Å². The Labute approximate surface area is 169 Å². The lowest BCUT2D eigenvalue weighted by atomic mass is 10.2. The predicted octanol–water partition coefficient (Wildman–Crippen LogP) is 4.05. The number of aromatic nitrogens is 1. The van der Waals surface area contributed by atoms with Gasteiger partial charge in [-0.15, -0.1) is 0 Å². The number of hydrogen-bond acceptors (Lipinski definition) is 4. The molecule has 6 heteroatoms. The molecule has 148 valence electrons. The maximum atomic E-state index is 12.7. The van der Waals surface area contributed by atoms with Crippen LogP contribution in [0, 0.1) is 0 Å². The molecule has 29 heavy (non-hydrogen) atoms. The van der Waals surface area contributed by atoms with E-state index >= 15 is 0 Å². The highest BCUT2D eigenvalue weighted by Gasteiger charge is 2.14. The van der Waals surface area contributed by atoms with Crippen molar-refractivity contribution in [2.45, 2.75) is 26.5 Å². The Morgan fingerprint density at radius 3 is 2.45 bits per heavy atom. The summed E-state index contributed by atoms with van der Waals surface area (Å²) in [6, 6.07) is 19.8. The minimum absolute atomic E-state index is 0.0195. The second-order valence-electron chi connectivity index (χ2n) is 6.71. The minimum Gasteiger partial charge on any atom is -0.489 e. The second-order valence-corrected chi connectivity index (χ2v) is 6.71. The van der Waals surface area contributed by atoms with Crippen molar-refractivity contribution in [1.82, 2.24) is 10.3 Å². The molecule has 0 aliphatic heterocycles. The number of amides is 2. The van der Waals surface area contributed by atoms with Gasteiger partial charge in [-0.1, -0.05) is 42.5 Å². The summed E-state index contributed by atoms with van der Waals surface area (Å²) in [7, 11) is 0. The molecule has 0 radical (unpaired) electrons. The summed E-state index contributed by atoms with van der Waals surface area (Å²) in [5.41, 5.74) is 2.07. The number of nitrogens with zero attached hydrogens (tertiary/aromatic N) is 1. The molecule has 0 bridgehead atoms. The van der Waals surface area contributed by atoms with Crippen LogP contribution in [0.4, 0.5) is 5.69 Å². The van der Waals surface area contributed by atoms with Gasteiger partial charge in [0.2, 0.25) is 0 Å². The third-order valence-electron chi connectivity index (χ3n) is 4.05. The van der Waals surface area contributed by atoms with Crippen molar-refractivity contribution in [1.29, 1.82) is 0 Å². The first-order valence-electron chi connectivity index (χ1n) is 9.38.